The maximum atomic E-state index is 12.3. The molecule has 5 nitrogen and oxygen atoms in total. The first-order valence-electron chi connectivity index (χ1n) is 7.50. The molecule has 0 saturated carbocycles. The summed E-state index contributed by atoms with van der Waals surface area (Å²) >= 11 is 1.52. The van der Waals surface area contributed by atoms with E-state index < -0.39 is 0 Å². The third-order valence-electron chi connectivity index (χ3n) is 3.64. The fourth-order valence-electron chi connectivity index (χ4n) is 1.85. The zero-order valence-electron chi connectivity index (χ0n) is 13.8. The van der Waals surface area contributed by atoms with E-state index in [4.69, 9.17) is 9.47 Å². The molecule has 0 saturated heterocycles. The number of hydrogen-bond acceptors (Lipinski definition) is 5. The predicted octanol–water partition coefficient (Wildman–Crippen LogP) is 3.51. The van der Waals surface area contributed by atoms with E-state index in [0.717, 1.165) is 5.69 Å². The highest BCUT2D eigenvalue weighted by atomic mass is 32.1. The molecule has 23 heavy (non-hydrogen) atoms. The lowest BCUT2D eigenvalue weighted by molar-refractivity contribution is 0.0930. The van der Waals surface area contributed by atoms with Gasteiger partial charge in [-0.3, -0.25) is 4.79 Å². The van der Waals surface area contributed by atoms with E-state index in [1.54, 1.807) is 30.8 Å². The van der Waals surface area contributed by atoms with Crippen molar-refractivity contribution in [3.63, 3.8) is 0 Å². The zero-order chi connectivity index (χ0) is 16.8. The lowest BCUT2D eigenvalue weighted by atomic mass is 10.1. The monoisotopic (exact) mass is 334 g/mol. The van der Waals surface area contributed by atoms with Crippen LogP contribution < -0.4 is 14.8 Å². The fraction of sp³-hybridized carbons (Fsp3) is 0.412. The van der Waals surface area contributed by atoms with Crippen molar-refractivity contribution >= 4 is 17.2 Å². The van der Waals surface area contributed by atoms with Gasteiger partial charge in [0.15, 0.2) is 11.5 Å². The van der Waals surface area contributed by atoms with Crippen LogP contribution in [0.4, 0.5) is 0 Å². The van der Waals surface area contributed by atoms with E-state index in [0.29, 0.717) is 29.6 Å². The van der Waals surface area contributed by atoms with Crippen molar-refractivity contribution in [2.45, 2.75) is 33.4 Å². The number of ether oxygens (including phenoxy) is 2. The van der Waals surface area contributed by atoms with E-state index in [-0.39, 0.29) is 11.9 Å². The molecule has 0 aliphatic carbocycles. The number of methoxy groups -OCH3 is 1. The average Bonchev–Trinajstić information content (AvgIpc) is 3.05. The van der Waals surface area contributed by atoms with Crippen molar-refractivity contribution in [3.05, 3.63) is 40.3 Å². The van der Waals surface area contributed by atoms with Crippen molar-refractivity contribution < 1.29 is 14.3 Å². The molecule has 6 heteroatoms. The minimum Gasteiger partial charge on any atom is -0.493 e. The molecule has 0 aliphatic rings. The molecule has 0 radical (unpaired) electrons. The van der Waals surface area contributed by atoms with Gasteiger partial charge in [-0.25, -0.2) is 4.98 Å². The number of rotatable bonds is 7. The Morgan fingerprint density at radius 1 is 1.30 bits per heavy atom. The van der Waals surface area contributed by atoms with Crippen molar-refractivity contribution in [2.75, 3.05) is 7.11 Å². The van der Waals surface area contributed by atoms with E-state index >= 15 is 0 Å². The Labute approximate surface area is 140 Å². The van der Waals surface area contributed by atoms with Gasteiger partial charge in [-0.1, -0.05) is 13.8 Å². The normalized spacial score (nSPS) is 12.0. The Balaban J connectivity index is 2.07. The number of amides is 1. The lowest BCUT2D eigenvalue weighted by Gasteiger charge is -2.18. The maximum Gasteiger partial charge on any atom is 0.251 e. The van der Waals surface area contributed by atoms with E-state index in [2.05, 4.69) is 24.1 Å². The van der Waals surface area contributed by atoms with Crippen LogP contribution in [-0.2, 0) is 6.61 Å². The smallest absolute Gasteiger partial charge is 0.251 e. The Morgan fingerprint density at radius 2 is 2.09 bits per heavy atom. The highest BCUT2D eigenvalue weighted by Gasteiger charge is 2.15. The van der Waals surface area contributed by atoms with Crippen LogP contribution in [0, 0.1) is 5.92 Å². The summed E-state index contributed by atoms with van der Waals surface area (Å²) in [5.74, 6) is 1.39. The van der Waals surface area contributed by atoms with Gasteiger partial charge < -0.3 is 14.8 Å². The molecule has 1 atom stereocenters. The van der Waals surface area contributed by atoms with Crippen LogP contribution in [-0.4, -0.2) is 24.0 Å². The van der Waals surface area contributed by atoms with Crippen molar-refractivity contribution in [1.29, 1.82) is 0 Å². The molecule has 2 aromatic rings. The van der Waals surface area contributed by atoms with E-state index in [9.17, 15) is 4.79 Å². The molecule has 1 aromatic heterocycles. The molecule has 0 aliphatic heterocycles. The first-order valence-corrected chi connectivity index (χ1v) is 8.44. The molecule has 0 bridgehead atoms. The van der Waals surface area contributed by atoms with Crippen LogP contribution >= 0.6 is 11.3 Å². The lowest BCUT2D eigenvalue weighted by Crippen LogP contribution is -2.36. The van der Waals surface area contributed by atoms with Gasteiger partial charge >= 0.3 is 0 Å². The summed E-state index contributed by atoms with van der Waals surface area (Å²) < 4.78 is 11.0. The summed E-state index contributed by atoms with van der Waals surface area (Å²) in [5.41, 5.74) is 3.18. The van der Waals surface area contributed by atoms with Crippen molar-refractivity contribution in [3.8, 4) is 11.5 Å². The molecule has 0 fully saturated rings. The van der Waals surface area contributed by atoms with Crippen molar-refractivity contribution in [2.24, 2.45) is 5.92 Å². The molecular formula is C17H22N2O3S. The number of thiazole rings is 1. The topological polar surface area (TPSA) is 60.5 Å². The summed E-state index contributed by atoms with van der Waals surface area (Å²) in [5, 5.41) is 4.91. The van der Waals surface area contributed by atoms with Gasteiger partial charge in [0.2, 0.25) is 0 Å². The van der Waals surface area contributed by atoms with Crippen LogP contribution in [0.25, 0.3) is 0 Å². The van der Waals surface area contributed by atoms with Crippen LogP contribution in [0.15, 0.2) is 29.1 Å². The Bertz CT molecular complexity index is 641. The molecular weight excluding hydrogens is 312 g/mol. The molecule has 2 rings (SSSR count). The standard InChI is InChI=1S/C17H22N2O3S/c1-11(2)12(3)19-17(20)13-5-6-15(16(7-13)21-4)22-8-14-9-23-10-18-14/h5-7,9-12H,8H2,1-4H3,(H,19,20). The number of hydrogen-bond donors (Lipinski definition) is 1. The average molecular weight is 334 g/mol. The molecule has 0 spiro atoms. The highest BCUT2D eigenvalue weighted by Crippen LogP contribution is 2.29. The van der Waals surface area contributed by atoms with Crippen LogP contribution in [0.2, 0.25) is 0 Å². The van der Waals surface area contributed by atoms with Gasteiger partial charge in [0.05, 0.1) is 18.3 Å². The molecule has 1 amide bonds. The van der Waals surface area contributed by atoms with Crippen molar-refractivity contribution in [1.82, 2.24) is 10.3 Å². The van der Waals surface area contributed by atoms with Crippen LogP contribution in [0.1, 0.15) is 36.8 Å². The first-order chi connectivity index (χ1) is 11.0. The van der Waals surface area contributed by atoms with Gasteiger partial charge in [-0.15, -0.1) is 11.3 Å². The highest BCUT2D eigenvalue weighted by molar-refractivity contribution is 7.07. The summed E-state index contributed by atoms with van der Waals surface area (Å²) in [7, 11) is 1.56. The van der Waals surface area contributed by atoms with Gasteiger partial charge in [-0.2, -0.15) is 0 Å². The second kappa shape index (κ2) is 7.97. The van der Waals surface area contributed by atoms with Gasteiger partial charge in [0, 0.05) is 17.0 Å². The summed E-state index contributed by atoms with van der Waals surface area (Å²) in [6.45, 7) is 6.50. The van der Waals surface area contributed by atoms with Gasteiger partial charge in [0.1, 0.15) is 6.61 Å². The van der Waals surface area contributed by atoms with Crippen LogP contribution in [0.3, 0.4) is 0 Å². The number of nitrogens with one attached hydrogen (secondary N) is 1. The first kappa shape index (κ1) is 17.3. The maximum absolute atomic E-state index is 12.3. The Morgan fingerprint density at radius 3 is 2.70 bits per heavy atom. The summed E-state index contributed by atoms with van der Waals surface area (Å²) in [6, 6.07) is 5.29. The third kappa shape index (κ3) is 4.69. The minimum absolute atomic E-state index is 0.106. The van der Waals surface area contributed by atoms with Crippen LogP contribution in [0.5, 0.6) is 11.5 Å². The number of carbonyl (C=O) groups is 1. The van der Waals surface area contributed by atoms with Gasteiger partial charge in [0.25, 0.3) is 5.91 Å². The second-order valence-electron chi connectivity index (χ2n) is 5.64. The molecule has 1 unspecified atom stereocenters. The Kier molecular flexibility index (Phi) is 5.98. The van der Waals surface area contributed by atoms with E-state index in [1.165, 1.54) is 11.3 Å². The molecule has 1 N–H and O–H groups in total. The van der Waals surface area contributed by atoms with Gasteiger partial charge in [-0.05, 0) is 31.0 Å². The predicted molar refractivity (Wildman–Crippen MR) is 91.2 cm³/mol. The van der Waals surface area contributed by atoms with E-state index in [1.807, 2.05) is 12.3 Å². The number of benzene rings is 1. The zero-order valence-corrected chi connectivity index (χ0v) is 14.6. The fourth-order valence-corrected chi connectivity index (χ4v) is 2.39. The summed E-state index contributed by atoms with van der Waals surface area (Å²) in [4.78, 5) is 16.4. The number of nitrogens with zero attached hydrogens (tertiary/aromatic N) is 1. The third-order valence-corrected chi connectivity index (χ3v) is 4.28. The molecule has 1 aromatic carbocycles. The SMILES string of the molecule is COc1cc(C(=O)NC(C)C(C)C)ccc1OCc1cscn1. The largest absolute Gasteiger partial charge is 0.493 e. The second-order valence-corrected chi connectivity index (χ2v) is 6.36. The number of carbonyl (C=O) groups excluding carboxylic acids is 1. The summed E-state index contributed by atoms with van der Waals surface area (Å²) in [6.07, 6.45) is 0. The minimum atomic E-state index is -0.115. The Hall–Kier alpha value is -2.08. The molecule has 124 valence electrons. The number of aromatic nitrogens is 1. The molecule has 1 heterocycles. The quantitative estimate of drug-likeness (QED) is 0.842.